The number of rotatable bonds is 2. The molecule has 0 saturated carbocycles. The molecular formula is C9H12N3ORaRbS. The van der Waals surface area contributed by atoms with Crippen LogP contribution >= 0.6 is 11.3 Å². The zero-order chi connectivity index (χ0) is 11.5. The Kier molecular flexibility index (Phi) is 6.46. The molecule has 1 N–H and O–H groups in total. The number of carbonyl (C=O) groups is 1. The van der Waals surface area contributed by atoms with Crippen molar-refractivity contribution in [1.29, 1.82) is 0 Å². The van der Waals surface area contributed by atoms with Crippen molar-refractivity contribution in [3.8, 4) is 0 Å². The first-order chi connectivity index (χ1) is 7.66. The molecule has 0 aliphatic carbocycles. The van der Waals surface area contributed by atoms with Gasteiger partial charge in [0, 0.05) is 0 Å². The monoisotopic (exact) mass is 521 g/mol. The van der Waals surface area contributed by atoms with E-state index in [2.05, 4.69) is 15.2 Å². The van der Waals surface area contributed by atoms with Crippen LogP contribution in [0.1, 0.15) is 19.3 Å². The number of amides is 1. The van der Waals surface area contributed by atoms with Gasteiger partial charge >= 0.3 is 172 Å². The molecule has 0 atom stereocenters. The standard InChI is InChI=1S/C9H11N3OS.Ra.Rb.H/c13-7-11-9-10-6-8(14-9)12-4-2-1-3-5-12;;;/h1-5H2,(H,10,11,13);;;. The molecular weight excluding hydrogens is 510 g/mol. The van der Waals surface area contributed by atoms with Gasteiger partial charge in [-0.3, -0.25) is 0 Å². The van der Waals surface area contributed by atoms with Gasteiger partial charge in [0.05, 0.1) is 0 Å². The predicted octanol–water partition coefficient (Wildman–Crippen LogP) is 0.741. The van der Waals surface area contributed by atoms with E-state index in [9.17, 15) is 4.79 Å². The van der Waals surface area contributed by atoms with Crippen molar-refractivity contribution in [3.05, 3.63) is 0 Å². The number of nitrogens with one attached hydrogen (secondary N) is 1. The van der Waals surface area contributed by atoms with Crippen LogP contribution < -0.4 is 8.98 Å². The first-order valence-electron chi connectivity index (χ1n) is 5.67. The Balaban J connectivity index is 2.13. The summed E-state index contributed by atoms with van der Waals surface area (Å²) >= 11 is 1.97. The van der Waals surface area contributed by atoms with Crippen molar-refractivity contribution in [3.63, 3.8) is 0 Å². The molecule has 0 bridgehead atoms. The summed E-state index contributed by atoms with van der Waals surface area (Å²) in [7, 11) is 0. The Morgan fingerprint density at radius 1 is 1.44 bits per heavy atom. The molecule has 0 radical (unpaired) electrons. The molecule has 1 aliphatic rings. The summed E-state index contributed by atoms with van der Waals surface area (Å²) in [5.41, 5.74) is 0. The van der Waals surface area contributed by atoms with Gasteiger partial charge in [0.2, 0.25) is 0 Å². The number of aromatic nitrogens is 1. The van der Waals surface area contributed by atoms with Crippen LogP contribution in [0.25, 0.3) is 0 Å². The van der Waals surface area contributed by atoms with Crippen LogP contribution in [-0.2, 0) is 0 Å². The third-order valence-corrected chi connectivity index (χ3v) is 7.46. The molecule has 1 saturated heterocycles. The van der Waals surface area contributed by atoms with Crippen LogP contribution in [-0.4, -0.2) is 74.6 Å². The SMILES string of the molecule is O=[C]([RaH])Nc1n[c]([Rb])c(N2CCCCC2)s1. The molecule has 4 nitrogen and oxygen atoms in total. The fourth-order valence-electron chi connectivity index (χ4n) is 1.98. The predicted molar refractivity (Wildman–Crippen MR) is 64.0 cm³/mol. The van der Waals surface area contributed by atoms with Crippen LogP contribution in [0, 0.1) is 42.8 Å². The maximum absolute atomic E-state index is 11.1. The second kappa shape index (κ2) is 7.09. The number of hydrogen-bond donors (Lipinski definition) is 1. The van der Waals surface area contributed by atoms with Gasteiger partial charge in [-0.2, -0.15) is 0 Å². The van der Waals surface area contributed by atoms with Crippen LogP contribution in [0.2, 0.25) is 0 Å². The topological polar surface area (TPSA) is 45.2 Å². The van der Waals surface area contributed by atoms with Crippen molar-refractivity contribution in [2.75, 3.05) is 23.3 Å². The summed E-state index contributed by atoms with van der Waals surface area (Å²) in [6.07, 6.45) is 3.94. The van der Waals surface area contributed by atoms with Crippen LogP contribution in [0.5, 0.6) is 0 Å². The molecule has 78 valence electrons. The van der Waals surface area contributed by atoms with E-state index in [-0.39, 0.29) is 43.7 Å². The summed E-state index contributed by atoms with van der Waals surface area (Å²) in [5, 5.41) is 5.04. The van der Waals surface area contributed by atoms with Crippen LogP contribution in [0.3, 0.4) is 0 Å². The Morgan fingerprint density at radius 2 is 2.12 bits per heavy atom. The summed E-state index contributed by atoms with van der Waals surface area (Å²) in [6.45, 7) is 2.32. The summed E-state index contributed by atoms with van der Waals surface area (Å²) < 4.78 is 1.46. The number of anilines is 2. The number of nitrogens with zero attached hydrogens (tertiary/aromatic N) is 2. The molecule has 0 spiro atoms. The minimum absolute atomic E-state index is 0.104. The minimum atomic E-state index is -0.104. The van der Waals surface area contributed by atoms with Crippen molar-refractivity contribution >= 4 is 76.7 Å². The molecule has 7 heteroatoms. The molecule has 1 amide bonds. The Bertz CT molecular complexity index is 392. The quantitative estimate of drug-likeness (QED) is 0.625. The Hall–Kier alpha value is 2.17. The van der Waals surface area contributed by atoms with Crippen molar-refractivity contribution < 1.29 is 47.6 Å². The fourth-order valence-corrected chi connectivity index (χ4v) is 7.24. The van der Waals surface area contributed by atoms with Gasteiger partial charge in [0.25, 0.3) is 0 Å². The van der Waals surface area contributed by atoms with Gasteiger partial charge < -0.3 is 0 Å². The second-order valence-electron chi connectivity index (χ2n) is 4.14. The van der Waals surface area contributed by atoms with E-state index in [4.69, 9.17) is 0 Å². The molecule has 1 aliphatic heterocycles. The summed E-state index contributed by atoms with van der Waals surface area (Å²) in [5.74, 6) is 0. The number of thiazole rings is 1. The van der Waals surface area contributed by atoms with Gasteiger partial charge in [-0.15, -0.1) is 0 Å². The molecule has 0 aromatic carbocycles. The van der Waals surface area contributed by atoms with Gasteiger partial charge in [-0.25, -0.2) is 0 Å². The molecule has 1 aromatic heterocycles. The van der Waals surface area contributed by atoms with Gasteiger partial charge in [-0.1, -0.05) is 0 Å². The molecule has 2 rings (SSSR count). The second-order valence-corrected chi connectivity index (χ2v) is 11.2. The fraction of sp³-hybridized carbons (Fsp3) is 0.556. The van der Waals surface area contributed by atoms with Crippen molar-refractivity contribution in [2.24, 2.45) is 0 Å². The Morgan fingerprint density at radius 3 is 2.75 bits per heavy atom. The molecule has 1 aromatic rings. The van der Waals surface area contributed by atoms with Gasteiger partial charge in [0.1, 0.15) is 0 Å². The normalized spacial score (nSPS) is 16.2. The number of carbonyl (C=O) groups excluding carboxylic acids is 1. The van der Waals surface area contributed by atoms with E-state index >= 15 is 0 Å². The first kappa shape index (κ1) is 14.6. The van der Waals surface area contributed by atoms with E-state index < -0.39 is 0 Å². The van der Waals surface area contributed by atoms with Gasteiger partial charge in [0.15, 0.2) is 0 Å². The first-order valence-corrected chi connectivity index (χ1v) is 13.0. The van der Waals surface area contributed by atoms with E-state index in [1.807, 2.05) is 0 Å². The summed E-state index contributed by atoms with van der Waals surface area (Å²) in [6, 6.07) is 0. The van der Waals surface area contributed by atoms with E-state index in [0.29, 0.717) is 55.5 Å². The van der Waals surface area contributed by atoms with E-state index in [0.717, 1.165) is 18.2 Å². The molecule has 2 heterocycles. The zero-order valence-corrected chi connectivity index (χ0v) is 23.7. The maximum atomic E-state index is 11.1. The number of piperidine rings is 1. The average molecular weight is 522 g/mol. The van der Waals surface area contributed by atoms with Crippen LogP contribution in [0.15, 0.2) is 0 Å². The number of hydrogen-bond acceptors (Lipinski definition) is 4. The zero-order valence-electron chi connectivity index (χ0n) is 9.75. The molecule has 1 fully saturated rings. The van der Waals surface area contributed by atoms with E-state index in [1.165, 1.54) is 23.0 Å². The van der Waals surface area contributed by atoms with E-state index in [1.54, 1.807) is 11.3 Å². The van der Waals surface area contributed by atoms with Gasteiger partial charge in [-0.05, 0) is 0 Å². The Labute approximate surface area is 167 Å². The third-order valence-electron chi connectivity index (χ3n) is 2.70. The molecule has 0 unspecified atom stereocenters. The van der Waals surface area contributed by atoms with Crippen LogP contribution in [0.4, 0.5) is 14.9 Å². The average Bonchev–Trinajstić information content (AvgIpc) is 2.60. The summed E-state index contributed by atoms with van der Waals surface area (Å²) in [4.78, 5) is 18.0. The van der Waals surface area contributed by atoms with Crippen molar-refractivity contribution in [1.82, 2.24) is 4.98 Å². The van der Waals surface area contributed by atoms with Crippen molar-refractivity contribution in [2.45, 2.75) is 19.3 Å². The third kappa shape index (κ3) is 4.09. The molecule has 16 heavy (non-hydrogen) atoms.